The van der Waals surface area contributed by atoms with Crippen LogP contribution in [0, 0.1) is 0 Å². The standard InChI is InChI=1S/C18H9ClN2O2/c19-12-5-6-13-14(9-12)21-18-17(20-13)22-15-7-10-3-1-2-4-11(10)8-16(15)23-18/h1-9H. The van der Waals surface area contributed by atoms with E-state index in [1.165, 1.54) is 0 Å². The second-order valence-electron chi connectivity index (χ2n) is 5.32. The minimum absolute atomic E-state index is 0.350. The second-order valence-corrected chi connectivity index (χ2v) is 5.75. The van der Waals surface area contributed by atoms with Crippen molar-refractivity contribution in [3.8, 4) is 23.3 Å². The molecule has 1 aliphatic rings. The summed E-state index contributed by atoms with van der Waals surface area (Å²) in [5, 5.41) is 2.77. The first-order valence-electron chi connectivity index (χ1n) is 7.12. The van der Waals surface area contributed by atoms with Gasteiger partial charge in [0.05, 0.1) is 11.0 Å². The number of hydrogen-bond donors (Lipinski definition) is 0. The Balaban J connectivity index is 1.70. The van der Waals surface area contributed by atoms with Gasteiger partial charge in [0.2, 0.25) is 0 Å². The third-order valence-corrected chi connectivity index (χ3v) is 4.02. The summed E-state index contributed by atoms with van der Waals surface area (Å²) < 4.78 is 11.8. The third kappa shape index (κ3) is 1.99. The zero-order valence-electron chi connectivity index (χ0n) is 11.8. The fourth-order valence-corrected chi connectivity index (χ4v) is 2.86. The molecule has 5 rings (SSSR count). The van der Waals surface area contributed by atoms with E-state index in [1.54, 1.807) is 12.1 Å². The molecule has 110 valence electrons. The summed E-state index contributed by atoms with van der Waals surface area (Å²) in [5.74, 6) is 1.98. The molecule has 23 heavy (non-hydrogen) atoms. The fraction of sp³-hybridized carbons (Fsp3) is 0. The average Bonchev–Trinajstić information content (AvgIpc) is 2.56. The van der Waals surface area contributed by atoms with Crippen LogP contribution in [0.4, 0.5) is 0 Å². The lowest BCUT2D eigenvalue weighted by Crippen LogP contribution is -2.03. The normalized spacial score (nSPS) is 12.4. The molecule has 0 unspecified atom stereocenters. The maximum atomic E-state index is 6.01. The van der Waals surface area contributed by atoms with Crippen LogP contribution in [0.1, 0.15) is 0 Å². The van der Waals surface area contributed by atoms with Crippen LogP contribution in [0.25, 0.3) is 21.8 Å². The van der Waals surface area contributed by atoms with Gasteiger partial charge in [0, 0.05) is 5.02 Å². The van der Waals surface area contributed by atoms with Gasteiger partial charge in [-0.15, -0.1) is 0 Å². The number of benzene rings is 3. The molecule has 1 aliphatic heterocycles. The van der Waals surface area contributed by atoms with E-state index >= 15 is 0 Å². The molecule has 0 bridgehead atoms. The number of aromatic nitrogens is 2. The molecule has 2 heterocycles. The van der Waals surface area contributed by atoms with Crippen LogP contribution < -0.4 is 9.47 Å². The highest BCUT2D eigenvalue weighted by molar-refractivity contribution is 6.31. The Hall–Kier alpha value is -2.85. The average molecular weight is 321 g/mol. The van der Waals surface area contributed by atoms with Gasteiger partial charge in [0.15, 0.2) is 11.5 Å². The molecule has 0 atom stereocenters. The lowest BCUT2D eigenvalue weighted by atomic mass is 10.1. The van der Waals surface area contributed by atoms with E-state index in [-0.39, 0.29) is 0 Å². The molecule has 3 aromatic carbocycles. The molecular weight excluding hydrogens is 312 g/mol. The van der Waals surface area contributed by atoms with Gasteiger partial charge in [-0.3, -0.25) is 0 Å². The molecule has 1 aromatic heterocycles. The minimum Gasteiger partial charge on any atom is -0.431 e. The van der Waals surface area contributed by atoms with E-state index in [9.17, 15) is 0 Å². The first-order valence-corrected chi connectivity index (χ1v) is 7.50. The van der Waals surface area contributed by atoms with Crippen molar-refractivity contribution in [3.05, 3.63) is 59.6 Å². The summed E-state index contributed by atoms with van der Waals surface area (Å²) in [7, 11) is 0. The summed E-state index contributed by atoms with van der Waals surface area (Å²) in [4.78, 5) is 8.93. The zero-order chi connectivity index (χ0) is 15.4. The maximum Gasteiger partial charge on any atom is 0.284 e. The van der Waals surface area contributed by atoms with Crippen molar-refractivity contribution >= 4 is 33.4 Å². The number of ether oxygens (including phenoxy) is 2. The van der Waals surface area contributed by atoms with E-state index in [4.69, 9.17) is 21.1 Å². The van der Waals surface area contributed by atoms with E-state index in [2.05, 4.69) is 9.97 Å². The Morgan fingerprint density at radius 3 is 1.96 bits per heavy atom. The smallest absolute Gasteiger partial charge is 0.284 e. The van der Waals surface area contributed by atoms with Gasteiger partial charge in [-0.1, -0.05) is 35.9 Å². The first-order chi connectivity index (χ1) is 11.3. The van der Waals surface area contributed by atoms with Gasteiger partial charge < -0.3 is 9.47 Å². The molecule has 0 saturated carbocycles. The third-order valence-electron chi connectivity index (χ3n) is 3.79. The lowest BCUT2D eigenvalue weighted by Gasteiger charge is -2.19. The van der Waals surface area contributed by atoms with Crippen molar-refractivity contribution in [2.75, 3.05) is 0 Å². The van der Waals surface area contributed by atoms with Crippen LogP contribution in [-0.2, 0) is 0 Å². The highest BCUT2D eigenvalue weighted by Crippen LogP contribution is 2.45. The molecule has 0 fully saturated rings. The van der Waals surface area contributed by atoms with Crippen LogP contribution in [0.2, 0.25) is 5.02 Å². The molecule has 0 aliphatic carbocycles. The van der Waals surface area contributed by atoms with E-state index in [0.717, 1.165) is 10.8 Å². The van der Waals surface area contributed by atoms with Gasteiger partial charge in [-0.05, 0) is 41.1 Å². The molecule has 4 aromatic rings. The van der Waals surface area contributed by atoms with Crippen LogP contribution in [0.5, 0.6) is 23.3 Å². The minimum atomic E-state index is 0.350. The quantitative estimate of drug-likeness (QED) is 0.386. The van der Waals surface area contributed by atoms with Crippen LogP contribution >= 0.6 is 11.6 Å². The Bertz CT molecular complexity index is 1090. The summed E-state index contributed by atoms with van der Waals surface area (Å²) in [6.07, 6.45) is 0. The molecule has 0 N–H and O–H groups in total. The highest BCUT2D eigenvalue weighted by atomic mass is 35.5. The lowest BCUT2D eigenvalue weighted by molar-refractivity contribution is 0.339. The van der Waals surface area contributed by atoms with Gasteiger partial charge in [0.1, 0.15) is 0 Å². The molecule has 0 amide bonds. The zero-order valence-corrected chi connectivity index (χ0v) is 12.5. The van der Waals surface area contributed by atoms with Crippen molar-refractivity contribution in [2.24, 2.45) is 0 Å². The maximum absolute atomic E-state index is 6.01. The Morgan fingerprint density at radius 2 is 1.30 bits per heavy atom. The highest BCUT2D eigenvalue weighted by Gasteiger charge is 2.23. The number of rotatable bonds is 0. The fourth-order valence-electron chi connectivity index (χ4n) is 2.69. The number of hydrogen-bond acceptors (Lipinski definition) is 4. The number of nitrogens with zero attached hydrogens (tertiary/aromatic N) is 2. The van der Waals surface area contributed by atoms with Crippen LogP contribution in [0.15, 0.2) is 54.6 Å². The molecule has 0 saturated heterocycles. The summed E-state index contributed by atoms with van der Waals surface area (Å²) >= 11 is 6.01. The van der Waals surface area contributed by atoms with E-state index in [1.807, 2.05) is 42.5 Å². The van der Waals surface area contributed by atoms with E-state index in [0.29, 0.717) is 39.3 Å². The molecule has 0 spiro atoms. The van der Waals surface area contributed by atoms with Gasteiger partial charge in [-0.2, -0.15) is 0 Å². The molecule has 5 heteroatoms. The van der Waals surface area contributed by atoms with Crippen LogP contribution in [-0.4, -0.2) is 9.97 Å². The van der Waals surface area contributed by atoms with Gasteiger partial charge in [0.25, 0.3) is 11.8 Å². The Morgan fingerprint density at radius 1 is 0.696 bits per heavy atom. The van der Waals surface area contributed by atoms with Gasteiger partial charge >= 0.3 is 0 Å². The largest absolute Gasteiger partial charge is 0.431 e. The SMILES string of the molecule is Clc1ccc2nc3c(nc2c1)Oc1cc2ccccc2cc1O3. The summed E-state index contributed by atoms with van der Waals surface area (Å²) in [6.45, 7) is 0. The van der Waals surface area contributed by atoms with Crippen LogP contribution in [0.3, 0.4) is 0 Å². The predicted octanol–water partition coefficient (Wildman–Crippen LogP) is 5.33. The number of fused-ring (bicyclic) bond motifs is 4. The topological polar surface area (TPSA) is 44.2 Å². The first kappa shape index (κ1) is 12.7. The van der Waals surface area contributed by atoms with Crippen molar-refractivity contribution in [1.29, 1.82) is 0 Å². The summed E-state index contributed by atoms with van der Waals surface area (Å²) in [6, 6.07) is 17.3. The van der Waals surface area contributed by atoms with Crippen molar-refractivity contribution in [3.63, 3.8) is 0 Å². The van der Waals surface area contributed by atoms with Gasteiger partial charge in [-0.25, -0.2) is 9.97 Å². The van der Waals surface area contributed by atoms with Crippen molar-refractivity contribution in [1.82, 2.24) is 9.97 Å². The predicted molar refractivity (Wildman–Crippen MR) is 88.6 cm³/mol. The molecule has 4 nitrogen and oxygen atoms in total. The summed E-state index contributed by atoms with van der Waals surface area (Å²) in [5.41, 5.74) is 1.38. The van der Waals surface area contributed by atoms with Crippen molar-refractivity contribution < 1.29 is 9.47 Å². The number of halogens is 1. The molecule has 0 radical (unpaired) electrons. The van der Waals surface area contributed by atoms with Crippen molar-refractivity contribution in [2.45, 2.75) is 0 Å². The molecular formula is C18H9ClN2O2. The Labute approximate surface area is 136 Å². The second kappa shape index (κ2) is 4.57. The monoisotopic (exact) mass is 320 g/mol. The Kier molecular flexibility index (Phi) is 2.52. The van der Waals surface area contributed by atoms with E-state index < -0.39 is 0 Å².